The number of hydrogen-bond donors (Lipinski definition) is 2. The zero-order valence-electron chi connectivity index (χ0n) is 10.1. The van der Waals surface area contributed by atoms with Gasteiger partial charge in [0, 0.05) is 28.2 Å². The number of hydrogen-bond acceptors (Lipinski definition) is 7. The predicted molar refractivity (Wildman–Crippen MR) is 76.4 cm³/mol. The summed E-state index contributed by atoms with van der Waals surface area (Å²) in [4.78, 5) is 26.4. The monoisotopic (exact) mass is 310 g/mol. The summed E-state index contributed by atoms with van der Waals surface area (Å²) in [6.45, 7) is 0. The number of hydrazine groups is 1. The largest absolute Gasteiger partial charge is 0.294 e. The molecular formula is C11H10N4O3S2. The number of non-ortho nitro benzene ring substituents is 1. The van der Waals surface area contributed by atoms with Gasteiger partial charge in [-0.05, 0) is 12.1 Å². The predicted octanol–water partition coefficient (Wildman–Crippen LogP) is 1.95. The molecule has 0 aliphatic carbocycles. The molecule has 1 aromatic heterocycles. The highest BCUT2D eigenvalue weighted by Gasteiger charge is 2.10. The van der Waals surface area contributed by atoms with Crippen LogP contribution in [0.5, 0.6) is 0 Å². The molecule has 0 unspecified atom stereocenters. The minimum atomic E-state index is -0.438. The third-order valence-electron chi connectivity index (χ3n) is 2.31. The number of aromatic nitrogens is 1. The van der Waals surface area contributed by atoms with Crippen molar-refractivity contribution in [2.75, 3.05) is 0 Å². The highest BCUT2D eigenvalue weighted by molar-refractivity contribution is 7.98. The first kappa shape index (κ1) is 14.4. The molecule has 0 spiro atoms. The molecule has 2 aromatic rings. The molecule has 1 amide bonds. The minimum absolute atomic E-state index is 0.0601. The Morgan fingerprint density at radius 2 is 2.15 bits per heavy atom. The molecule has 1 heterocycles. The lowest BCUT2D eigenvalue weighted by Crippen LogP contribution is -2.29. The van der Waals surface area contributed by atoms with Gasteiger partial charge in [-0.3, -0.25) is 20.3 Å². The Bertz CT molecular complexity index is 627. The van der Waals surface area contributed by atoms with Crippen LogP contribution >= 0.6 is 23.1 Å². The van der Waals surface area contributed by atoms with Crippen molar-refractivity contribution in [3.05, 3.63) is 50.5 Å². The number of nitro benzene ring substituents is 1. The molecule has 0 atom stereocenters. The van der Waals surface area contributed by atoms with E-state index in [1.54, 1.807) is 17.5 Å². The van der Waals surface area contributed by atoms with E-state index in [1.807, 2.05) is 5.43 Å². The zero-order chi connectivity index (χ0) is 14.5. The van der Waals surface area contributed by atoms with E-state index in [1.165, 1.54) is 35.2 Å². The molecule has 0 radical (unpaired) electrons. The molecule has 0 fully saturated rings. The summed E-state index contributed by atoms with van der Waals surface area (Å²) in [5.74, 6) is 5.18. The van der Waals surface area contributed by atoms with E-state index in [0.29, 0.717) is 10.8 Å². The lowest BCUT2D eigenvalue weighted by atomic mass is 10.3. The van der Waals surface area contributed by atoms with Gasteiger partial charge in [-0.25, -0.2) is 10.8 Å². The second kappa shape index (κ2) is 6.46. The number of carbonyl (C=O) groups is 1. The second-order valence-electron chi connectivity index (χ2n) is 3.66. The quantitative estimate of drug-likeness (QED) is 0.287. The maximum atomic E-state index is 11.2. The van der Waals surface area contributed by atoms with Gasteiger partial charge in [-0.15, -0.1) is 23.1 Å². The molecule has 104 valence electrons. The fourth-order valence-electron chi connectivity index (χ4n) is 1.36. The first-order valence-corrected chi connectivity index (χ1v) is 7.29. The number of rotatable bonds is 5. The molecule has 0 aliphatic heterocycles. The number of benzene rings is 1. The topological polar surface area (TPSA) is 111 Å². The average Bonchev–Trinajstić information content (AvgIpc) is 2.93. The Morgan fingerprint density at radius 3 is 2.75 bits per heavy atom. The minimum Gasteiger partial charge on any atom is -0.288 e. The second-order valence-corrected chi connectivity index (χ2v) is 5.56. The van der Waals surface area contributed by atoms with Crippen LogP contribution in [0.15, 0.2) is 34.5 Å². The molecule has 3 N–H and O–H groups in total. The van der Waals surface area contributed by atoms with Crippen LogP contribution in [0, 0.1) is 10.1 Å². The number of nitrogen functional groups attached to an aromatic ring is 1. The molecule has 0 saturated carbocycles. The standard InChI is InChI=1S/C11H10N4O3S2/c12-14-10(16)11-13-7(6-20-11)5-19-9-3-1-8(2-4-9)15(17)18/h1-4,6H,5,12H2,(H,14,16). The van der Waals surface area contributed by atoms with E-state index < -0.39 is 10.8 Å². The average molecular weight is 310 g/mol. The van der Waals surface area contributed by atoms with Crippen molar-refractivity contribution in [1.29, 1.82) is 0 Å². The van der Waals surface area contributed by atoms with Gasteiger partial charge >= 0.3 is 0 Å². The number of carbonyl (C=O) groups excluding carboxylic acids is 1. The summed E-state index contributed by atoms with van der Waals surface area (Å²) in [6, 6.07) is 6.28. The Hall–Kier alpha value is -1.97. The Balaban J connectivity index is 1.96. The molecule has 0 bridgehead atoms. The van der Waals surface area contributed by atoms with Crippen LogP contribution in [-0.4, -0.2) is 15.8 Å². The lowest BCUT2D eigenvalue weighted by Gasteiger charge is -1.99. The first-order chi connectivity index (χ1) is 9.60. The number of nitrogens with zero attached hydrogens (tertiary/aromatic N) is 2. The summed E-state index contributed by atoms with van der Waals surface area (Å²) in [5.41, 5.74) is 2.84. The van der Waals surface area contributed by atoms with Crippen molar-refractivity contribution in [3.63, 3.8) is 0 Å². The highest BCUT2D eigenvalue weighted by atomic mass is 32.2. The number of thioether (sulfide) groups is 1. The fourth-order valence-corrected chi connectivity index (χ4v) is 2.98. The van der Waals surface area contributed by atoms with Gasteiger partial charge in [0.05, 0.1) is 10.6 Å². The normalized spacial score (nSPS) is 10.2. The fraction of sp³-hybridized carbons (Fsp3) is 0.0909. The summed E-state index contributed by atoms with van der Waals surface area (Å²) in [7, 11) is 0. The van der Waals surface area contributed by atoms with Crippen LogP contribution in [0.1, 0.15) is 15.5 Å². The molecular weight excluding hydrogens is 300 g/mol. The molecule has 0 aliphatic rings. The lowest BCUT2D eigenvalue weighted by molar-refractivity contribution is -0.384. The van der Waals surface area contributed by atoms with E-state index in [2.05, 4.69) is 4.98 Å². The molecule has 7 nitrogen and oxygen atoms in total. The number of thiazole rings is 1. The molecule has 2 rings (SSSR count). The van der Waals surface area contributed by atoms with Gasteiger partial charge in [0.2, 0.25) is 0 Å². The highest BCUT2D eigenvalue weighted by Crippen LogP contribution is 2.25. The third-order valence-corrected chi connectivity index (χ3v) is 4.25. The van der Waals surface area contributed by atoms with E-state index >= 15 is 0 Å². The maximum Gasteiger partial charge on any atom is 0.294 e. The maximum absolute atomic E-state index is 11.2. The Morgan fingerprint density at radius 1 is 1.45 bits per heavy atom. The Kier molecular flexibility index (Phi) is 4.66. The van der Waals surface area contributed by atoms with Crippen molar-refractivity contribution in [2.45, 2.75) is 10.6 Å². The number of nitrogens with one attached hydrogen (secondary N) is 1. The van der Waals surface area contributed by atoms with Crippen molar-refractivity contribution in [1.82, 2.24) is 10.4 Å². The zero-order valence-corrected chi connectivity index (χ0v) is 11.7. The molecule has 20 heavy (non-hydrogen) atoms. The van der Waals surface area contributed by atoms with Gasteiger partial charge in [0.1, 0.15) is 0 Å². The summed E-state index contributed by atoms with van der Waals surface area (Å²) in [6.07, 6.45) is 0. The molecule has 9 heteroatoms. The molecule has 0 saturated heterocycles. The number of nitro groups is 1. The van der Waals surface area contributed by atoms with Crippen LogP contribution in [0.3, 0.4) is 0 Å². The Labute approximate surface area is 122 Å². The van der Waals surface area contributed by atoms with Crippen LogP contribution in [0.2, 0.25) is 0 Å². The van der Waals surface area contributed by atoms with E-state index in [9.17, 15) is 14.9 Å². The SMILES string of the molecule is NNC(=O)c1nc(CSc2ccc([N+](=O)[O-])cc2)cs1. The van der Waals surface area contributed by atoms with Crippen LogP contribution in [0.25, 0.3) is 0 Å². The van der Waals surface area contributed by atoms with Gasteiger partial charge in [-0.2, -0.15) is 0 Å². The van der Waals surface area contributed by atoms with Crippen molar-refractivity contribution in [3.8, 4) is 0 Å². The number of nitrogens with two attached hydrogens (primary N) is 1. The van der Waals surface area contributed by atoms with Crippen molar-refractivity contribution >= 4 is 34.7 Å². The summed E-state index contributed by atoms with van der Waals surface area (Å²) >= 11 is 2.70. The van der Waals surface area contributed by atoms with Crippen LogP contribution in [-0.2, 0) is 5.75 Å². The smallest absolute Gasteiger partial charge is 0.288 e. The van der Waals surface area contributed by atoms with Gasteiger partial charge in [0.25, 0.3) is 11.6 Å². The third kappa shape index (κ3) is 3.53. The van der Waals surface area contributed by atoms with Gasteiger partial charge in [0.15, 0.2) is 5.01 Å². The summed E-state index contributed by atoms with van der Waals surface area (Å²) < 4.78 is 0. The summed E-state index contributed by atoms with van der Waals surface area (Å²) in [5, 5.41) is 12.6. The van der Waals surface area contributed by atoms with Gasteiger partial charge in [-0.1, -0.05) is 0 Å². The molecule has 1 aromatic carbocycles. The van der Waals surface area contributed by atoms with Crippen LogP contribution in [0.4, 0.5) is 5.69 Å². The van der Waals surface area contributed by atoms with Gasteiger partial charge < -0.3 is 0 Å². The van der Waals surface area contributed by atoms with E-state index in [0.717, 1.165) is 10.6 Å². The van der Waals surface area contributed by atoms with Crippen molar-refractivity contribution < 1.29 is 9.72 Å². The first-order valence-electron chi connectivity index (χ1n) is 5.42. The van der Waals surface area contributed by atoms with E-state index in [-0.39, 0.29) is 5.69 Å². The van der Waals surface area contributed by atoms with E-state index in [4.69, 9.17) is 5.84 Å². The van der Waals surface area contributed by atoms with Crippen molar-refractivity contribution in [2.24, 2.45) is 5.84 Å². The van der Waals surface area contributed by atoms with Crippen LogP contribution < -0.4 is 11.3 Å². The number of amides is 1.